The zero-order valence-electron chi connectivity index (χ0n) is 9.01. The molecule has 0 radical (unpaired) electrons. The Morgan fingerprint density at radius 2 is 2.29 bits per heavy atom. The van der Waals surface area contributed by atoms with Crippen LogP contribution in [0.1, 0.15) is 29.1 Å². The molecule has 7 heteroatoms. The first-order chi connectivity index (χ1) is 8.16. The summed E-state index contributed by atoms with van der Waals surface area (Å²) in [6.07, 6.45) is 2.54. The van der Waals surface area contributed by atoms with E-state index in [-0.39, 0.29) is 17.5 Å². The van der Waals surface area contributed by atoms with Crippen LogP contribution in [0.15, 0.2) is 24.7 Å². The Morgan fingerprint density at radius 1 is 1.47 bits per heavy atom. The number of H-pyrrole nitrogens is 1. The average molecular weight is 235 g/mol. The molecule has 2 aromatic heterocycles. The van der Waals surface area contributed by atoms with Crippen molar-refractivity contribution in [1.82, 2.24) is 25.5 Å². The minimum Gasteiger partial charge on any atom is -0.342 e. The Hall–Kier alpha value is -2.31. The van der Waals surface area contributed by atoms with Crippen LogP contribution in [0, 0.1) is 5.95 Å². The second kappa shape index (κ2) is 4.69. The highest BCUT2D eigenvalue weighted by Gasteiger charge is 2.13. The number of halogens is 1. The summed E-state index contributed by atoms with van der Waals surface area (Å²) in [6, 6.07) is 2.19. The summed E-state index contributed by atoms with van der Waals surface area (Å²) in [7, 11) is 0. The number of hydrogen-bond donors (Lipinski definition) is 2. The molecular weight excluding hydrogens is 225 g/mol. The molecule has 0 bridgehead atoms. The number of aromatic amines is 1. The molecule has 2 heterocycles. The van der Waals surface area contributed by atoms with E-state index in [2.05, 4.69) is 25.5 Å². The van der Waals surface area contributed by atoms with Crippen LogP contribution in [0.2, 0.25) is 0 Å². The number of rotatable bonds is 3. The Morgan fingerprint density at radius 3 is 2.88 bits per heavy atom. The van der Waals surface area contributed by atoms with Gasteiger partial charge in [0.1, 0.15) is 12.2 Å². The minimum atomic E-state index is -0.621. The largest absolute Gasteiger partial charge is 0.342 e. The maximum absolute atomic E-state index is 12.6. The SMILES string of the molecule is CC(NC(=O)c1ccc(F)nc1)c1ncn[nH]1. The summed E-state index contributed by atoms with van der Waals surface area (Å²) < 4.78 is 12.6. The third kappa shape index (κ3) is 2.63. The second-order valence-electron chi connectivity index (χ2n) is 3.44. The van der Waals surface area contributed by atoms with Gasteiger partial charge < -0.3 is 5.32 Å². The van der Waals surface area contributed by atoms with Crippen molar-refractivity contribution < 1.29 is 9.18 Å². The van der Waals surface area contributed by atoms with Gasteiger partial charge in [-0.25, -0.2) is 9.97 Å². The van der Waals surface area contributed by atoms with Crippen LogP contribution in [0.4, 0.5) is 4.39 Å². The van der Waals surface area contributed by atoms with Gasteiger partial charge in [-0.1, -0.05) is 0 Å². The summed E-state index contributed by atoms with van der Waals surface area (Å²) in [5, 5.41) is 9.02. The zero-order valence-corrected chi connectivity index (χ0v) is 9.01. The lowest BCUT2D eigenvalue weighted by atomic mass is 10.2. The standard InChI is InChI=1S/C10H10FN5O/c1-6(9-13-5-14-16-9)15-10(17)7-2-3-8(11)12-4-7/h2-6H,1H3,(H,15,17)(H,13,14,16). The summed E-state index contributed by atoms with van der Waals surface area (Å²) in [5.41, 5.74) is 0.290. The van der Waals surface area contributed by atoms with E-state index in [1.165, 1.54) is 18.6 Å². The molecule has 0 saturated heterocycles. The first kappa shape index (κ1) is 11.2. The Labute approximate surface area is 96.3 Å². The van der Waals surface area contributed by atoms with Gasteiger partial charge in [-0.3, -0.25) is 9.89 Å². The molecule has 6 nitrogen and oxygen atoms in total. The van der Waals surface area contributed by atoms with E-state index in [9.17, 15) is 9.18 Å². The van der Waals surface area contributed by atoms with Gasteiger partial charge in [-0.15, -0.1) is 0 Å². The quantitative estimate of drug-likeness (QED) is 0.772. The van der Waals surface area contributed by atoms with Gasteiger partial charge in [0, 0.05) is 6.20 Å². The number of amides is 1. The lowest BCUT2D eigenvalue weighted by Crippen LogP contribution is -2.27. The molecule has 2 N–H and O–H groups in total. The number of carbonyl (C=O) groups excluding carboxylic acids is 1. The van der Waals surface area contributed by atoms with Crippen molar-refractivity contribution in [2.45, 2.75) is 13.0 Å². The third-order valence-corrected chi connectivity index (χ3v) is 2.18. The molecule has 0 aliphatic heterocycles. The van der Waals surface area contributed by atoms with Crippen LogP contribution in [0.3, 0.4) is 0 Å². The summed E-state index contributed by atoms with van der Waals surface area (Å²) in [5.74, 6) is -0.417. The molecule has 0 spiro atoms. The molecule has 0 aromatic carbocycles. The van der Waals surface area contributed by atoms with Gasteiger partial charge in [-0.05, 0) is 19.1 Å². The van der Waals surface area contributed by atoms with Crippen LogP contribution < -0.4 is 5.32 Å². The third-order valence-electron chi connectivity index (χ3n) is 2.18. The number of carbonyl (C=O) groups is 1. The number of aromatic nitrogens is 4. The lowest BCUT2D eigenvalue weighted by Gasteiger charge is -2.10. The molecule has 0 fully saturated rings. The van der Waals surface area contributed by atoms with Crippen LogP contribution >= 0.6 is 0 Å². The molecule has 0 saturated carbocycles. The normalized spacial score (nSPS) is 12.1. The van der Waals surface area contributed by atoms with E-state index in [0.29, 0.717) is 5.82 Å². The van der Waals surface area contributed by atoms with Crippen molar-refractivity contribution in [2.75, 3.05) is 0 Å². The van der Waals surface area contributed by atoms with Crippen molar-refractivity contribution >= 4 is 5.91 Å². The van der Waals surface area contributed by atoms with Gasteiger partial charge in [0.25, 0.3) is 5.91 Å². The highest BCUT2D eigenvalue weighted by atomic mass is 19.1. The smallest absolute Gasteiger partial charge is 0.253 e. The molecule has 2 aromatic rings. The Balaban J connectivity index is 2.04. The van der Waals surface area contributed by atoms with E-state index in [4.69, 9.17) is 0 Å². The molecule has 2 rings (SSSR count). The number of pyridine rings is 1. The fraction of sp³-hybridized carbons (Fsp3) is 0.200. The fourth-order valence-electron chi connectivity index (χ4n) is 1.28. The number of nitrogens with zero attached hydrogens (tertiary/aromatic N) is 3. The van der Waals surface area contributed by atoms with Gasteiger partial charge in [0.15, 0.2) is 0 Å². The monoisotopic (exact) mass is 235 g/mol. The first-order valence-electron chi connectivity index (χ1n) is 4.94. The van der Waals surface area contributed by atoms with E-state index in [1.54, 1.807) is 6.92 Å². The minimum absolute atomic E-state index is 0.290. The second-order valence-corrected chi connectivity index (χ2v) is 3.44. The van der Waals surface area contributed by atoms with Gasteiger partial charge in [0.05, 0.1) is 11.6 Å². The topological polar surface area (TPSA) is 83.6 Å². The number of nitrogens with one attached hydrogen (secondary N) is 2. The Bertz CT molecular complexity index is 496. The van der Waals surface area contributed by atoms with E-state index in [0.717, 1.165) is 6.07 Å². The molecule has 88 valence electrons. The summed E-state index contributed by atoms with van der Waals surface area (Å²) in [6.45, 7) is 1.76. The molecule has 0 aliphatic rings. The summed E-state index contributed by atoms with van der Waals surface area (Å²) in [4.78, 5) is 19.1. The summed E-state index contributed by atoms with van der Waals surface area (Å²) >= 11 is 0. The molecule has 1 unspecified atom stereocenters. The van der Waals surface area contributed by atoms with Gasteiger partial charge in [-0.2, -0.15) is 9.49 Å². The zero-order chi connectivity index (χ0) is 12.3. The highest BCUT2D eigenvalue weighted by molar-refractivity contribution is 5.93. The molecule has 1 atom stereocenters. The van der Waals surface area contributed by atoms with Crippen LogP contribution in [-0.4, -0.2) is 26.1 Å². The fourth-order valence-corrected chi connectivity index (χ4v) is 1.28. The van der Waals surface area contributed by atoms with Crippen molar-refractivity contribution in [3.8, 4) is 0 Å². The predicted octanol–water partition coefficient (Wildman–Crippen LogP) is 0.830. The maximum atomic E-state index is 12.6. The van der Waals surface area contributed by atoms with Gasteiger partial charge in [0.2, 0.25) is 5.95 Å². The van der Waals surface area contributed by atoms with Crippen LogP contribution in [-0.2, 0) is 0 Å². The Kier molecular flexibility index (Phi) is 3.08. The average Bonchev–Trinajstić information content (AvgIpc) is 2.83. The van der Waals surface area contributed by atoms with Crippen molar-refractivity contribution in [1.29, 1.82) is 0 Å². The van der Waals surface area contributed by atoms with E-state index in [1.807, 2.05) is 0 Å². The molecule has 0 aliphatic carbocycles. The van der Waals surface area contributed by atoms with Crippen LogP contribution in [0.25, 0.3) is 0 Å². The predicted molar refractivity (Wildman–Crippen MR) is 56.5 cm³/mol. The molecule has 1 amide bonds. The molecule has 17 heavy (non-hydrogen) atoms. The van der Waals surface area contributed by atoms with Crippen LogP contribution in [0.5, 0.6) is 0 Å². The number of hydrogen-bond acceptors (Lipinski definition) is 4. The highest BCUT2D eigenvalue weighted by Crippen LogP contribution is 2.06. The van der Waals surface area contributed by atoms with Gasteiger partial charge >= 0.3 is 0 Å². The van der Waals surface area contributed by atoms with Crippen molar-refractivity contribution in [3.05, 3.63) is 42.0 Å². The van der Waals surface area contributed by atoms with Crippen molar-refractivity contribution in [3.63, 3.8) is 0 Å². The van der Waals surface area contributed by atoms with E-state index < -0.39 is 5.95 Å². The molecular formula is C10H10FN5O. The first-order valence-corrected chi connectivity index (χ1v) is 4.94. The lowest BCUT2D eigenvalue weighted by molar-refractivity contribution is 0.0938. The maximum Gasteiger partial charge on any atom is 0.253 e. The van der Waals surface area contributed by atoms with Crippen molar-refractivity contribution in [2.24, 2.45) is 0 Å². The van der Waals surface area contributed by atoms with E-state index >= 15 is 0 Å².